The van der Waals surface area contributed by atoms with E-state index in [1.165, 1.54) is 12.1 Å². The van der Waals surface area contributed by atoms with Crippen molar-refractivity contribution < 1.29 is 8.42 Å². The van der Waals surface area contributed by atoms with Crippen LogP contribution in [0.15, 0.2) is 17.2 Å². The highest BCUT2D eigenvalue weighted by molar-refractivity contribution is 8.13. The molecular formula is C7H5ClN2O2S. The molecular weight excluding hydrogens is 212 g/mol. The Kier molecular flexibility index (Phi) is 2.55. The lowest BCUT2D eigenvalue weighted by atomic mass is 10.2. The van der Waals surface area contributed by atoms with E-state index in [0.717, 1.165) is 0 Å². The Bertz CT molecular complexity index is 476. The van der Waals surface area contributed by atoms with E-state index >= 15 is 0 Å². The smallest absolute Gasteiger partial charge is 0.239 e. The molecule has 0 saturated heterocycles. The summed E-state index contributed by atoms with van der Waals surface area (Å²) in [5.41, 5.74) is 0.688. The molecule has 1 aromatic heterocycles. The normalized spacial score (nSPS) is 10.8. The zero-order valence-electron chi connectivity index (χ0n) is 6.65. The molecule has 1 heterocycles. The highest BCUT2D eigenvalue weighted by atomic mass is 35.7. The summed E-state index contributed by atoms with van der Waals surface area (Å²) in [7, 11) is 1.25. The van der Waals surface area contributed by atoms with Crippen molar-refractivity contribution in [2.45, 2.75) is 11.9 Å². The molecule has 13 heavy (non-hydrogen) atoms. The average molecular weight is 217 g/mol. The van der Waals surface area contributed by atoms with E-state index in [4.69, 9.17) is 15.9 Å². The third-order valence-electron chi connectivity index (χ3n) is 1.43. The van der Waals surface area contributed by atoms with Crippen LogP contribution in [0.2, 0.25) is 0 Å². The minimum atomic E-state index is -3.80. The van der Waals surface area contributed by atoms with Crippen LogP contribution in [0.3, 0.4) is 0 Å². The van der Waals surface area contributed by atoms with Gasteiger partial charge in [-0.05, 0) is 19.1 Å². The molecule has 1 aromatic rings. The van der Waals surface area contributed by atoms with Crippen molar-refractivity contribution in [2.24, 2.45) is 0 Å². The molecule has 0 N–H and O–H groups in total. The number of aromatic nitrogens is 1. The minimum absolute atomic E-state index is 0.231. The third-order valence-corrected chi connectivity index (χ3v) is 2.63. The van der Waals surface area contributed by atoms with Gasteiger partial charge in [-0.3, -0.25) is 0 Å². The first-order valence-corrected chi connectivity index (χ1v) is 5.58. The van der Waals surface area contributed by atoms with Crippen molar-refractivity contribution in [2.75, 3.05) is 0 Å². The SMILES string of the molecule is Cc1nc(S(=O)(=O)Cl)ccc1C#N. The van der Waals surface area contributed by atoms with E-state index in [2.05, 4.69) is 4.98 Å². The molecule has 0 aliphatic rings. The van der Waals surface area contributed by atoms with Gasteiger partial charge in [0.1, 0.15) is 6.07 Å². The van der Waals surface area contributed by atoms with Gasteiger partial charge in [-0.15, -0.1) is 0 Å². The quantitative estimate of drug-likeness (QED) is 0.661. The first-order chi connectivity index (χ1) is 5.95. The van der Waals surface area contributed by atoms with Gasteiger partial charge in [0, 0.05) is 10.7 Å². The Morgan fingerprint density at radius 2 is 2.15 bits per heavy atom. The van der Waals surface area contributed by atoms with Crippen LogP contribution in [0.4, 0.5) is 0 Å². The van der Waals surface area contributed by atoms with Gasteiger partial charge in [0.2, 0.25) is 0 Å². The molecule has 0 fully saturated rings. The molecule has 0 bridgehead atoms. The molecule has 4 nitrogen and oxygen atoms in total. The molecule has 0 aliphatic heterocycles. The number of halogens is 1. The maximum absolute atomic E-state index is 10.8. The highest BCUT2D eigenvalue weighted by Crippen LogP contribution is 2.14. The minimum Gasteiger partial charge on any atom is -0.239 e. The van der Waals surface area contributed by atoms with Gasteiger partial charge in [0.15, 0.2) is 5.03 Å². The van der Waals surface area contributed by atoms with E-state index in [1.54, 1.807) is 6.92 Å². The second-order valence-corrected chi connectivity index (χ2v) is 4.84. The lowest BCUT2D eigenvalue weighted by molar-refractivity contribution is 0.605. The van der Waals surface area contributed by atoms with Crippen molar-refractivity contribution in [1.29, 1.82) is 5.26 Å². The van der Waals surface area contributed by atoms with Gasteiger partial charge in [-0.2, -0.15) is 5.26 Å². The molecule has 68 valence electrons. The standard InChI is InChI=1S/C7H5ClN2O2S/c1-5-6(4-9)2-3-7(10-5)13(8,11)12/h2-3H,1H3. The first kappa shape index (κ1) is 9.96. The largest absolute Gasteiger partial charge is 0.278 e. The number of hydrogen-bond donors (Lipinski definition) is 0. The summed E-state index contributed by atoms with van der Waals surface area (Å²) in [5.74, 6) is 0. The molecule has 0 radical (unpaired) electrons. The first-order valence-electron chi connectivity index (χ1n) is 3.27. The molecule has 0 spiro atoms. The highest BCUT2D eigenvalue weighted by Gasteiger charge is 2.12. The van der Waals surface area contributed by atoms with Gasteiger partial charge >= 0.3 is 0 Å². The van der Waals surface area contributed by atoms with Crippen LogP contribution in [-0.2, 0) is 9.05 Å². The zero-order chi connectivity index (χ0) is 10.1. The molecule has 0 amide bonds. The van der Waals surface area contributed by atoms with Crippen LogP contribution < -0.4 is 0 Å². The Hall–Kier alpha value is -1.12. The fourth-order valence-corrected chi connectivity index (χ4v) is 1.53. The molecule has 0 aliphatic carbocycles. The molecule has 0 saturated carbocycles. The summed E-state index contributed by atoms with van der Waals surface area (Å²) in [6.07, 6.45) is 0. The van der Waals surface area contributed by atoms with Crippen LogP contribution in [-0.4, -0.2) is 13.4 Å². The number of nitrogens with zero attached hydrogens (tertiary/aromatic N) is 2. The number of rotatable bonds is 1. The summed E-state index contributed by atoms with van der Waals surface area (Å²) >= 11 is 0. The molecule has 0 atom stereocenters. The van der Waals surface area contributed by atoms with E-state index in [-0.39, 0.29) is 5.03 Å². The lowest BCUT2D eigenvalue weighted by Gasteiger charge is -1.98. The van der Waals surface area contributed by atoms with Crippen LogP contribution in [0, 0.1) is 18.3 Å². The van der Waals surface area contributed by atoms with E-state index in [1.807, 2.05) is 6.07 Å². The average Bonchev–Trinajstić information content (AvgIpc) is 2.02. The van der Waals surface area contributed by atoms with Gasteiger partial charge in [0.05, 0.1) is 11.3 Å². The predicted molar refractivity (Wildman–Crippen MR) is 46.7 cm³/mol. The van der Waals surface area contributed by atoms with Crippen molar-refractivity contribution in [3.05, 3.63) is 23.4 Å². The molecule has 0 unspecified atom stereocenters. The topological polar surface area (TPSA) is 70.8 Å². The third kappa shape index (κ3) is 2.17. The van der Waals surface area contributed by atoms with E-state index in [9.17, 15) is 8.42 Å². The molecule has 6 heteroatoms. The summed E-state index contributed by atoms with van der Waals surface area (Å²) in [6, 6.07) is 4.45. The number of pyridine rings is 1. The molecule has 0 aromatic carbocycles. The Balaban J connectivity index is 3.36. The summed E-state index contributed by atoms with van der Waals surface area (Å²) in [4.78, 5) is 3.67. The summed E-state index contributed by atoms with van der Waals surface area (Å²) in [5, 5.41) is 8.31. The van der Waals surface area contributed by atoms with Crippen molar-refractivity contribution in [1.82, 2.24) is 4.98 Å². The van der Waals surface area contributed by atoms with Crippen molar-refractivity contribution >= 4 is 19.7 Å². The van der Waals surface area contributed by atoms with Gasteiger partial charge in [-0.25, -0.2) is 13.4 Å². The fourth-order valence-electron chi connectivity index (χ4n) is 0.792. The Morgan fingerprint density at radius 3 is 2.54 bits per heavy atom. The van der Waals surface area contributed by atoms with Crippen LogP contribution in [0.1, 0.15) is 11.3 Å². The fraction of sp³-hybridized carbons (Fsp3) is 0.143. The monoisotopic (exact) mass is 216 g/mol. The van der Waals surface area contributed by atoms with Crippen molar-refractivity contribution in [3.63, 3.8) is 0 Å². The zero-order valence-corrected chi connectivity index (χ0v) is 8.22. The maximum atomic E-state index is 10.8. The van der Waals surface area contributed by atoms with Gasteiger partial charge < -0.3 is 0 Å². The van der Waals surface area contributed by atoms with E-state index in [0.29, 0.717) is 11.3 Å². The van der Waals surface area contributed by atoms with Crippen LogP contribution >= 0.6 is 10.7 Å². The van der Waals surface area contributed by atoms with Crippen molar-refractivity contribution in [3.8, 4) is 6.07 Å². The van der Waals surface area contributed by atoms with Gasteiger partial charge in [0.25, 0.3) is 9.05 Å². The second-order valence-electron chi connectivity index (χ2n) is 2.33. The molecule has 1 rings (SSSR count). The maximum Gasteiger partial charge on any atom is 0.278 e. The lowest BCUT2D eigenvalue weighted by Crippen LogP contribution is -1.98. The van der Waals surface area contributed by atoms with Gasteiger partial charge in [-0.1, -0.05) is 0 Å². The van der Waals surface area contributed by atoms with Crippen LogP contribution in [0.5, 0.6) is 0 Å². The number of hydrogen-bond acceptors (Lipinski definition) is 4. The Labute approximate surface area is 80.2 Å². The predicted octanol–water partition coefficient (Wildman–Crippen LogP) is 1.19. The number of nitriles is 1. The summed E-state index contributed by atoms with van der Waals surface area (Å²) < 4.78 is 21.6. The van der Waals surface area contributed by atoms with Crippen LogP contribution in [0.25, 0.3) is 0 Å². The summed E-state index contributed by atoms with van der Waals surface area (Å²) in [6.45, 7) is 1.55. The number of aryl methyl sites for hydroxylation is 1. The Morgan fingerprint density at radius 1 is 1.54 bits per heavy atom. The van der Waals surface area contributed by atoms with E-state index < -0.39 is 9.05 Å². The second kappa shape index (κ2) is 3.32.